The van der Waals surface area contributed by atoms with Crippen LogP contribution in [-0.4, -0.2) is 70.8 Å². The molecule has 0 radical (unpaired) electrons. The van der Waals surface area contributed by atoms with Gasteiger partial charge in [0.25, 0.3) is 0 Å². The number of nitrogens with zero attached hydrogens (tertiary/aromatic N) is 3. The molecule has 2 aliphatic carbocycles. The first-order chi connectivity index (χ1) is 13.2. The Bertz CT molecular complexity index is 574. The van der Waals surface area contributed by atoms with Crippen LogP contribution in [0.3, 0.4) is 0 Å². The third-order valence-corrected chi connectivity index (χ3v) is 7.68. The topological polar surface area (TPSA) is 43.9 Å². The molecular weight excluding hydrogens is 350 g/mol. The molecule has 160 valence electrons. The summed E-state index contributed by atoms with van der Waals surface area (Å²) in [6.45, 7) is 12.5. The predicted octanol–water partition coefficient (Wildman–Crippen LogP) is 3.38. The molecule has 0 bridgehead atoms. The Morgan fingerprint density at radius 1 is 1.11 bits per heavy atom. The Hall–Kier alpha value is -1.10. The van der Waals surface area contributed by atoms with Crippen LogP contribution in [0.1, 0.15) is 73.1 Å². The van der Waals surface area contributed by atoms with Crippen LogP contribution in [0, 0.1) is 17.8 Å². The van der Waals surface area contributed by atoms with Crippen molar-refractivity contribution in [2.45, 2.75) is 97.3 Å². The molecule has 0 N–H and O–H groups in total. The van der Waals surface area contributed by atoms with E-state index in [4.69, 9.17) is 0 Å². The van der Waals surface area contributed by atoms with Gasteiger partial charge in [-0.05, 0) is 71.8 Å². The molecule has 28 heavy (non-hydrogen) atoms. The fourth-order valence-electron chi connectivity index (χ4n) is 5.64. The number of amides is 2. The van der Waals surface area contributed by atoms with Crippen molar-refractivity contribution in [3.63, 3.8) is 0 Å². The molecule has 3 rings (SSSR count). The van der Waals surface area contributed by atoms with Crippen LogP contribution in [0.25, 0.3) is 0 Å². The van der Waals surface area contributed by atoms with Gasteiger partial charge in [0.2, 0.25) is 11.8 Å². The Morgan fingerprint density at radius 2 is 1.79 bits per heavy atom. The lowest BCUT2D eigenvalue weighted by Crippen LogP contribution is -2.67. The maximum atomic E-state index is 13.1. The molecule has 0 aromatic rings. The number of hydrogen-bond donors (Lipinski definition) is 0. The van der Waals surface area contributed by atoms with E-state index in [1.807, 2.05) is 0 Å². The molecule has 2 saturated carbocycles. The van der Waals surface area contributed by atoms with Gasteiger partial charge in [0.15, 0.2) is 0 Å². The maximum Gasteiger partial charge on any atom is 0.226 e. The molecule has 2 amide bonds. The fraction of sp³-hybridized carbons (Fsp3) is 0.913. The van der Waals surface area contributed by atoms with Crippen molar-refractivity contribution >= 4 is 11.8 Å². The zero-order valence-electron chi connectivity index (χ0n) is 18.9. The van der Waals surface area contributed by atoms with Crippen molar-refractivity contribution in [3.8, 4) is 0 Å². The number of carbonyl (C=O) groups excluding carboxylic acids is 2. The van der Waals surface area contributed by atoms with Crippen molar-refractivity contribution in [2.24, 2.45) is 17.8 Å². The second-order valence-electron chi connectivity index (χ2n) is 9.95. The summed E-state index contributed by atoms with van der Waals surface area (Å²) >= 11 is 0. The van der Waals surface area contributed by atoms with Crippen LogP contribution in [0.4, 0.5) is 0 Å². The molecule has 0 spiro atoms. The van der Waals surface area contributed by atoms with Gasteiger partial charge < -0.3 is 14.7 Å². The molecule has 1 heterocycles. The lowest BCUT2D eigenvalue weighted by molar-refractivity contribution is -0.155. The molecule has 5 heteroatoms. The van der Waals surface area contributed by atoms with E-state index in [0.29, 0.717) is 30.3 Å². The Balaban J connectivity index is 1.78. The lowest BCUT2D eigenvalue weighted by Gasteiger charge is -2.55. The highest BCUT2D eigenvalue weighted by atomic mass is 16.2. The molecule has 5 atom stereocenters. The highest BCUT2D eigenvalue weighted by Crippen LogP contribution is 2.42. The molecule has 0 aromatic carbocycles. The molecule has 0 aromatic heterocycles. The first-order valence-corrected chi connectivity index (χ1v) is 11.5. The van der Waals surface area contributed by atoms with Gasteiger partial charge in [-0.2, -0.15) is 0 Å². The van der Waals surface area contributed by atoms with E-state index in [9.17, 15) is 9.59 Å². The number of rotatable bonds is 6. The number of piperazine rings is 1. The van der Waals surface area contributed by atoms with Crippen molar-refractivity contribution in [1.82, 2.24) is 14.7 Å². The number of carbonyl (C=O) groups is 2. The van der Waals surface area contributed by atoms with Gasteiger partial charge >= 0.3 is 0 Å². The standard InChI is InChI=1S/C23H41N3O2/c1-7-18(14-24(6)15(2)3)20-10-11-21-22(12-20)25(23(28)19-8-9-19)13-16(4)26(21)17(5)27/h15-16,18-22H,7-14H2,1-6H3. The van der Waals surface area contributed by atoms with Crippen molar-refractivity contribution in [2.75, 3.05) is 20.1 Å². The van der Waals surface area contributed by atoms with Crippen molar-refractivity contribution in [3.05, 3.63) is 0 Å². The van der Waals surface area contributed by atoms with E-state index < -0.39 is 0 Å². The summed E-state index contributed by atoms with van der Waals surface area (Å²) in [5.41, 5.74) is 0. The SMILES string of the molecule is CCC(CN(C)C(C)C)C1CCC2C(C1)N(C(=O)C1CC1)CC(C)N2C(C)=O. The molecule has 1 saturated heterocycles. The minimum atomic E-state index is 0.132. The van der Waals surface area contributed by atoms with Gasteiger partial charge in [-0.25, -0.2) is 0 Å². The second kappa shape index (κ2) is 8.73. The average molecular weight is 392 g/mol. The summed E-state index contributed by atoms with van der Waals surface area (Å²) in [6, 6.07) is 1.11. The van der Waals surface area contributed by atoms with Crippen molar-refractivity contribution in [1.29, 1.82) is 0 Å². The number of hydrogen-bond acceptors (Lipinski definition) is 3. The Kier molecular flexibility index (Phi) is 6.73. The lowest BCUT2D eigenvalue weighted by atomic mass is 9.72. The summed E-state index contributed by atoms with van der Waals surface area (Å²) in [5.74, 6) is 2.09. The molecule has 3 aliphatic rings. The third kappa shape index (κ3) is 4.39. The third-order valence-electron chi connectivity index (χ3n) is 7.68. The minimum absolute atomic E-state index is 0.132. The normalized spacial score (nSPS) is 31.9. The van der Waals surface area contributed by atoms with E-state index in [-0.39, 0.29) is 30.0 Å². The van der Waals surface area contributed by atoms with Crippen LogP contribution >= 0.6 is 0 Å². The fourth-order valence-corrected chi connectivity index (χ4v) is 5.64. The van der Waals surface area contributed by atoms with E-state index in [1.54, 1.807) is 6.92 Å². The molecule has 5 unspecified atom stereocenters. The van der Waals surface area contributed by atoms with Crippen LogP contribution in [-0.2, 0) is 9.59 Å². The van der Waals surface area contributed by atoms with Gasteiger partial charge in [0.1, 0.15) is 0 Å². The van der Waals surface area contributed by atoms with E-state index in [0.717, 1.165) is 32.2 Å². The Labute approximate surface area is 171 Å². The van der Waals surface area contributed by atoms with Crippen LogP contribution in [0.15, 0.2) is 0 Å². The first kappa shape index (κ1) is 21.6. The zero-order chi connectivity index (χ0) is 20.6. The molecule has 1 aliphatic heterocycles. The van der Waals surface area contributed by atoms with Gasteiger partial charge in [-0.15, -0.1) is 0 Å². The van der Waals surface area contributed by atoms with Gasteiger partial charge in [0, 0.05) is 38.0 Å². The van der Waals surface area contributed by atoms with Gasteiger partial charge in [-0.3, -0.25) is 9.59 Å². The second-order valence-corrected chi connectivity index (χ2v) is 9.95. The maximum absolute atomic E-state index is 13.1. The predicted molar refractivity (Wildman–Crippen MR) is 113 cm³/mol. The monoisotopic (exact) mass is 391 g/mol. The van der Waals surface area contributed by atoms with E-state index in [1.165, 1.54) is 12.8 Å². The van der Waals surface area contributed by atoms with Gasteiger partial charge in [-0.1, -0.05) is 13.3 Å². The molecular formula is C23H41N3O2. The molecule has 5 nitrogen and oxygen atoms in total. The summed E-state index contributed by atoms with van der Waals surface area (Å²) in [7, 11) is 2.22. The minimum Gasteiger partial charge on any atom is -0.335 e. The van der Waals surface area contributed by atoms with Crippen molar-refractivity contribution < 1.29 is 9.59 Å². The smallest absolute Gasteiger partial charge is 0.226 e. The number of fused-ring (bicyclic) bond motifs is 1. The summed E-state index contributed by atoms with van der Waals surface area (Å²) < 4.78 is 0. The van der Waals surface area contributed by atoms with Crippen LogP contribution in [0.2, 0.25) is 0 Å². The zero-order valence-corrected chi connectivity index (χ0v) is 18.9. The molecule has 3 fully saturated rings. The quantitative estimate of drug-likeness (QED) is 0.697. The highest BCUT2D eigenvalue weighted by molar-refractivity contribution is 5.82. The van der Waals surface area contributed by atoms with Gasteiger partial charge in [0.05, 0.1) is 12.1 Å². The van der Waals surface area contributed by atoms with E-state index in [2.05, 4.69) is 49.4 Å². The first-order valence-electron chi connectivity index (χ1n) is 11.5. The Morgan fingerprint density at radius 3 is 2.32 bits per heavy atom. The average Bonchev–Trinajstić information content (AvgIpc) is 3.49. The largest absolute Gasteiger partial charge is 0.335 e. The van der Waals surface area contributed by atoms with E-state index >= 15 is 0 Å². The van der Waals surface area contributed by atoms with Crippen LogP contribution in [0.5, 0.6) is 0 Å². The summed E-state index contributed by atoms with van der Waals surface area (Å²) in [4.78, 5) is 32.2. The highest BCUT2D eigenvalue weighted by Gasteiger charge is 2.49. The summed E-state index contributed by atoms with van der Waals surface area (Å²) in [6.07, 6.45) is 6.56. The summed E-state index contributed by atoms with van der Waals surface area (Å²) in [5, 5.41) is 0. The van der Waals surface area contributed by atoms with Crippen LogP contribution < -0.4 is 0 Å².